The quantitative estimate of drug-likeness (QED) is 0.768. The van der Waals surface area contributed by atoms with Crippen LogP contribution < -0.4 is 5.32 Å². The summed E-state index contributed by atoms with van der Waals surface area (Å²) < 4.78 is 5.67. The molecule has 1 aromatic carbocycles. The standard InChI is InChI=1S/C15H17BrN2O4/c1-9-7-10(16)3-4-12(9)17-13-11(15(21)22-2)8-18(5-6-19)14(13)20/h3-4,7,17,19H,5-6,8H2,1-2H3. The van der Waals surface area contributed by atoms with Gasteiger partial charge in [-0.15, -0.1) is 0 Å². The zero-order valence-electron chi connectivity index (χ0n) is 12.4. The van der Waals surface area contributed by atoms with E-state index >= 15 is 0 Å². The second kappa shape index (κ2) is 6.93. The lowest BCUT2D eigenvalue weighted by atomic mass is 10.1. The SMILES string of the molecule is COC(=O)C1=C(Nc2ccc(Br)cc2C)C(=O)N(CCO)C1. The van der Waals surface area contributed by atoms with Crippen molar-refractivity contribution in [1.82, 2.24) is 4.90 Å². The normalized spacial score (nSPS) is 14.5. The molecule has 0 aliphatic carbocycles. The van der Waals surface area contributed by atoms with Gasteiger partial charge in [-0.25, -0.2) is 4.79 Å². The number of amides is 1. The Morgan fingerprint density at radius 2 is 2.23 bits per heavy atom. The van der Waals surface area contributed by atoms with Crippen LogP contribution in [0.25, 0.3) is 0 Å². The van der Waals surface area contributed by atoms with Gasteiger partial charge in [-0.2, -0.15) is 0 Å². The fraction of sp³-hybridized carbons (Fsp3) is 0.333. The number of ether oxygens (including phenoxy) is 1. The first-order valence-electron chi connectivity index (χ1n) is 6.72. The number of benzene rings is 1. The molecule has 7 heteroatoms. The van der Waals surface area contributed by atoms with Gasteiger partial charge in [-0.3, -0.25) is 4.79 Å². The van der Waals surface area contributed by atoms with Gasteiger partial charge < -0.3 is 20.1 Å². The van der Waals surface area contributed by atoms with Crippen molar-refractivity contribution in [3.8, 4) is 0 Å². The second-order valence-electron chi connectivity index (χ2n) is 4.88. The molecule has 0 aromatic heterocycles. The number of carbonyl (C=O) groups excluding carboxylic acids is 2. The van der Waals surface area contributed by atoms with Crippen molar-refractivity contribution in [2.45, 2.75) is 6.92 Å². The Bertz CT molecular complexity index is 642. The van der Waals surface area contributed by atoms with Crippen molar-refractivity contribution in [2.75, 3.05) is 32.1 Å². The first-order chi connectivity index (χ1) is 10.5. The number of hydrogen-bond acceptors (Lipinski definition) is 5. The van der Waals surface area contributed by atoms with Crippen molar-refractivity contribution >= 4 is 33.5 Å². The third kappa shape index (κ3) is 3.31. The molecule has 0 saturated heterocycles. The van der Waals surface area contributed by atoms with E-state index in [0.29, 0.717) is 0 Å². The number of anilines is 1. The zero-order valence-corrected chi connectivity index (χ0v) is 13.9. The monoisotopic (exact) mass is 368 g/mol. The summed E-state index contributed by atoms with van der Waals surface area (Å²) in [5, 5.41) is 12.0. The van der Waals surface area contributed by atoms with Gasteiger partial charge in [0.05, 0.1) is 25.8 Å². The van der Waals surface area contributed by atoms with Crippen LogP contribution in [0.15, 0.2) is 33.9 Å². The summed E-state index contributed by atoms with van der Waals surface area (Å²) in [5.74, 6) is -0.872. The first kappa shape index (κ1) is 16.5. The van der Waals surface area contributed by atoms with E-state index in [1.807, 2.05) is 25.1 Å². The maximum atomic E-state index is 12.4. The fourth-order valence-corrected chi connectivity index (χ4v) is 2.73. The molecule has 1 aliphatic rings. The molecule has 0 fully saturated rings. The van der Waals surface area contributed by atoms with Gasteiger partial charge in [0.1, 0.15) is 5.70 Å². The topological polar surface area (TPSA) is 78.9 Å². The number of nitrogens with zero attached hydrogens (tertiary/aromatic N) is 1. The molecule has 0 saturated carbocycles. The molecule has 1 amide bonds. The highest BCUT2D eigenvalue weighted by Gasteiger charge is 2.34. The van der Waals surface area contributed by atoms with Gasteiger partial charge in [0.15, 0.2) is 0 Å². The number of methoxy groups -OCH3 is 1. The van der Waals surface area contributed by atoms with Gasteiger partial charge in [-0.1, -0.05) is 15.9 Å². The summed E-state index contributed by atoms with van der Waals surface area (Å²) in [7, 11) is 1.27. The van der Waals surface area contributed by atoms with E-state index in [1.165, 1.54) is 12.0 Å². The van der Waals surface area contributed by atoms with E-state index in [9.17, 15) is 9.59 Å². The molecule has 6 nitrogen and oxygen atoms in total. The molecular formula is C15H17BrN2O4. The molecule has 2 N–H and O–H groups in total. The molecule has 0 bridgehead atoms. The molecule has 2 rings (SSSR count). The highest BCUT2D eigenvalue weighted by molar-refractivity contribution is 9.10. The van der Waals surface area contributed by atoms with Crippen LogP contribution in [0, 0.1) is 6.92 Å². The molecule has 1 heterocycles. The minimum Gasteiger partial charge on any atom is -0.466 e. The minimum absolute atomic E-state index is 0.129. The fourth-order valence-electron chi connectivity index (χ4n) is 2.25. The van der Waals surface area contributed by atoms with Crippen molar-refractivity contribution in [3.63, 3.8) is 0 Å². The molecule has 0 unspecified atom stereocenters. The van der Waals surface area contributed by atoms with Gasteiger partial charge in [0, 0.05) is 16.7 Å². The molecule has 1 aliphatic heterocycles. The molecule has 0 atom stereocenters. The van der Waals surface area contributed by atoms with E-state index in [4.69, 9.17) is 9.84 Å². The number of carbonyl (C=O) groups is 2. The summed E-state index contributed by atoms with van der Waals surface area (Å²) in [6.45, 7) is 2.04. The van der Waals surface area contributed by atoms with Gasteiger partial charge >= 0.3 is 5.97 Å². The lowest BCUT2D eigenvalue weighted by molar-refractivity contribution is -0.136. The molecule has 0 spiro atoms. The Balaban J connectivity index is 2.34. The summed E-state index contributed by atoms with van der Waals surface area (Å²) in [4.78, 5) is 25.7. The average Bonchev–Trinajstić information content (AvgIpc) is 2.79. The Kier molecular flexibility index (Phi) is 5.20. The van der Waals surface area contributed by atoms with Crippen LogP contribution in [0.4, 0.5) is 5.69 Å². The van der Waals surface area contributed by atoms with E-state index in [-0.39, 0.29) is 36.9 Å². The van der Waals surface area contributed by atoms with E-state index in [2.05, 4.69) is 21.2 Å². The maximum absolute atomic E-state index is 12.4. The van der Waals surface area contributed by atoms with Crippen LogP contribution in [-0.2, 0) is 14.3 Å². The van der Waals surface area contributed by atoms with Crippen LogP contribution >= 0.6 is 15.9 Å². The molecule has 118 valence electrons. The Morgan fingerprint density at radius 1 is 1.50 bits per heavy atom. The highest BCUT2D eigenvalue weighted by atomic mass is 79.9. The number of rotatable bonds is 5. The maximum Gasteiger partial charge on any atom is 0.337 e. The number of esters is 1. The lowest BCUT2D eigenvalue weighted by Gasteiger charge is -2.15. The smallest absolute Gasteiger partial charge is 0.337 e. The van der Waals surface area contributed by atoms with Crippen LogP contribution in [0.2, 0.25) is 0 Å². The van der Waals surface area contributed by atoms with E-state index in [0.717, 1.165) is 15.7 Å². The zero-order chi connectivity index (χ0) is 16.3. The summed E-state index contributed by atoms with van der Waals surface area (Å²) in [6.07, 6.45) is 0. The van der Waals surface area contributed by atoms with Gasteiger partial charge in [0.25, 0.3) is 5.91 Å². The third-order valence-electron chi connectivity index (χ3n) is 3.40. The summed E-state index contributed by atoms with van der Waals surface area (Å²) in [5.41, 5.74) is 2.13. The Labute approximate surface area is 136 Å². The Morgan fingerprint density at radius 3 is 2.82 bits per heavy atom. The average molecular weight is 369 g/mol. The van der Waals surface area contributed by atoms with Crippen molar-refractivity contribution in [3.05, 3.63) is 39.5 Å². The summed E-state index contributed by atoms with van der Waals surface area (Å²) in [6, 6.07) is 5.58. The van der Waals surface area contributed by atoms with Crippen LogP contribution in [0.1, 0.15) is 5.56 Å². The van der Waals surface area contributed by atoms with Crippen LogP contribution in [0.3, 0.4) is 0 Å². The Hall–Kier alpha value is -1.86. The predicted molar refractivity (Wildman–Crippen MR) is 85.2 cm³/mol. The minimum atomic E-state index is -0.550. The molecular weight excluding hydrogens is 352 g/mol. The van der Waals surface area contributed by atoms with E-state index < -0.39 is 5.97 Å². The second-order valence-corrected chi connectivity index (χ2v) is 5.80. The first-order valence-corrected chi connectivity index (χ1v) is 7.52. The number of aliphatic hydroxyl groups is 1. The van der Waals surface area contributed by atoms with Gasteiger partial charge in [0.2, 0.25) is 0 Å². The largest absolute Gasteiger partial charge is 0.466 e. The third-order valence-corrected chi connectivity index (χ3v) is 3.89. The highest BCUT2D eigenvalue weighted by Crippen LogP contribution is 2.26. The van der Waals surface area contributed by atoms with Gasteiger partial charge in [-0.05, 0) is 30.7 Å². The molecule has 1 aromatic rings. The number of halogens is 1. The number of aliphatic hydroxyl groups excluding tert-OH is 1. The van der Waals surface area contributed by atoms with Crippen molar-refractivity contribution in [1.29, 1.82) is 0 Å². The number of nitrogens with one attached hydrogen (secondary N) is 1. The predicted octanol–water partition coefficient (Wildman–Crippen LogP) is 1.43. The molecule has 22 heavy (non-hydrogen) atoms. The van der Waals surface area contributed by atoms with Crippen LogP contribution in [0.5, 0.6) is 0 Å². The van der Waals surface area contributed by atoms with E-state index in [1.54, 1.807) is 0 Å². The summed E-state index contributed by atoms with van der Waals surface area (Å²) >= 11 is 3.38. The van der Waals surface area contributed by atoms with Crippen molar-refractivity contribution < 1.29 is 19.4 Å². The number of hydrogen-bond donors (Lipinski definition) is 2. The van der Waals surface area contributed by atoms with Crippen LogP contribution in [-0.4, -0.2) is 48.7 Å². The lowest BCUT2D eigenvalue weighted by Crippen LogP contribution is -2.31. The molecule has 0 radical (unpaired) electrons. The van der Waals surface area contributed by atoms with Crippen molar-refractivity contribution in [2.24, 2.45) is 0 Å². The number of β-amino-alcohol motifs (C(OH)–C–C–N with tert-alkyl or cyclic N) is 1. The number of aryl methyl sites for hydroxylation is 1.